The van der Waals surface area contributed by atoms with E-state index in [4.69, 9.17) is 9.84 Å². The van der Waals surface area contributed by atoms with Crippen molar-refractivity contribution in [3.8, 4) is 5.75 Å². The molecule has 0 aromatic carbocycles. The van der Waals surface area contributed by atoms with Crippen LogP contribution in [0, 0.1) is 0 Å². The Balaban J connectivity index is 3.38. The molecule has 0 radical (unpaired) electrons. The maximum atomic E-state index is 12.4. The van der Waals surface area contributed by atoms with E-state index in [1.165, 1.54) is 7.11 Å². The Bertz CT molecular complexity index is 398. The number of ether oxygens (including phenoxy) is 1. The number of halogens is 3. The van der Waals surface area contributed by atoms with E-state index in [1.807, 2.05) is 0 Å². The number of alkyl halides is 2. The van der Waals surface area contributed by atoms with Crippen molar-refractivity contribution >= 4 is 21.9 Å². The number of hydrogen-bond donors (Lipinski definition) is 1. The Kier molecular flexibility index (Phi) is 3.57. The van der Waals surface area contributed by atoms with Gasteiger partial charge in [0.25, 0.3) is 6.43 Å². The van der Waals surface area contributed by atoms with Gasteiger partial charge in [0.2, 0.25) is 0 Å². The number of nitrogens with zero attached hydrogens (tertiary/aromatic N) is 1. The molecule has 0 atom stereocenters. The molecule has 1 rings (SSSR count). The Hall–Kier alpha value is -1.24. The lowest BCUT2D eigenvalue weighted by atomic mass is 10.3. The van der Waals surface area contributed by atoms with Crippen LogP contribution in [-0.4, -0.2) is 23.2 Å². The third-order valence-corrected chi connectivity index (χ3v) is 2.39. The Labute approximate surface area is 92.0 Å². The van der Waals surface area contributed by atoms with Crippen LogP contribution in [0.15, 0.2) is 10.5 Å². The molecule has 0 spiro atoms. The summed E-state index contributed by atoms with van der Waals surface area (Å²) in [6.45, 7) is 0. The molecule has 15 heavy (non-hydrogen) atoms. The average Bonchev–Trinajstić information content (AvgIpc) is 2.17. The summed E-state index contributed by atoms with van der Waals surface area (Å²) in [6.07, 6.45) is -2.87. The molecule has 1 aromatic rings. The second kappa shape index (κ2) is 4.52. The number of pyridine rings is 1. The van der Waals surface area contributed by atoms with Crippen LogP contribution in [0.25, 0.3) is 0 Å². The maximum absolute atomic E-state index is 12.4. The highest BCUT2D eigenvalue weighted by molar-refractivity contribution is 9.10. The quantitative estimate of drug-likeness (QED) is 0.925. The summed E-state index contributed by atoms with van der Waals surface area (Å²) in [4.78, 5) is 13.9. The first-order chi connectivity index (χ1) is 6.97. The number of aromatic nitrogens is 1. The summed E-state index contributed by atoms with van der Waals surface area (Å²) in [5.74, 6) is -1.37. The zero-order chi connectivity index (χ0) is 11.6. The van der Waals surface area contributed by atoms with Crippen molar-refractivity contribution in [2.45, 2.75) is 6.43 Å². The summed E-state index contributed by atoms with van der Waals surface area (Å²) in [7, 11) is 1.25. The van der Waals surface area contributed by atoms with Gasteiger partial charge in [-0.25, -0.2) is 18.6 Å². The number of methoxy groups -OCH3 is 1. The summed E-state index contributed by atoms with van der Waals surface area (Å²) >= 11 is 2.86. The molecule has 1 aromatic heterocycles. The minimum atomic E-state index is -2.87. The molecule has 0 aliphatic carbocycles. The summed E-state index contributed by atoms with van der Waals surface area (Å²) < 4.78 is 29.6. The third-order valence-electron chi connectivity index (χ3n) is 1.60. The van der Waals surface area contributed by atoms with Crippen LogP contribution in [0.1, 0.15) is 22.6 Å². The normalized spacial score (nSPS) is 10.5. The van der Waals surface area contributed by atoms with Gasteiger partial charge < -0.3 is 9.84 Å². The predicted octanol–water partition coefficient (Wildman–Crippen LogP) is 2.49. The zero-order valence-corrected chi connectivity index (χ0v) is 9.09. The van der Waals surface area contributed by atoms with Crippen molar-refractivity contribution in [3.63, 3.8) is 0 Å². The van der Waals surface area contributed by atoms with Crippen molar-refractivity contribution in [2.24, 2.45) is 0 Å². The molecule has 0 saturated carbocycles. The van der Waals surface area contributed by atoms with Gasteiger partial charge in [0.05, 0.1) is 11.6 Å². The van der Waals surface area contributed by atoms with Crippen LogP contribution in [0.5, 0.6) is 5.75 Å². The molecule has 4 nitrogen and oxygen atoms in total. The van der Waals surface area contributed by atoms with Crippen molar-refractivity contribution in [1.29, 1.82) is 0 Å². The van der Waals surface area contributed by atoms with Crippen molar-refractivity contribution in [1.82, 2.24) is 4.98 Å². The minimum absolute atomic E-state index is 0.0118. The topological polar surface area (TPSA) is 59.4 Å². The highest BCUT2D eigenvalue weighted by Crippen LogP contribution is 2.33. The predicted molar refractivity (Wildman–Crippen MR) is 50.4 cm³/mol. The lowest BCUT2D eigenvalue weighted by Gasteiger charge is -2.08. The van der Waals surface area contributed by atoms with E-state index < -0.39 is 23.8 Å². The van der Waals surface area contributed by atoms with E-state index in [0.29, 0.717) is 0 Å². The van der Waals surface area contributed by atoms with Gasteiger partial charge >= 0.3 is 5.97 Å². The molecular weight excluding hydrogens is 276 g/mol. The molecule has 82 valence electrons. The van der Waals surface area contributed by atoms with Crippen LogP contribution in [0.2, 0.25) is 0 Å². The van der Waals surface area contributed by atoms with Gasteiger partial charge in [0.15, 0.2) is 5.69 Å². The monoisotopic (exact) mass is 281 g/mol. The summed E-state index contributed by atoms with van der Waals surface area (Å²) in [6, 6.07) is 1.07. The van der Waals surface area contributed by atoms with E-state index in [-0.39, 0.29) is 10.2 Å². The molecule has 0 aliphatic heterocycles. The van der Waals surface area contributed by atoms with Crippen LogP contribution in [-0.2, 0) is 0 Å². The van der Waals surface area contributed by atoms with Crippen molar-refractivity contribution in [3.05, 3.63) is 21.9 Å². The first kappa shape index (κ1) is 11.8. The Morgan fingerprint density at radius 3 is 2.67 bits per heavy atom. The summed E-state index contributed by atoms with van der Waals surface area (Å²) in [5.41, 5.74) is -1.13. The summed E-state index contributed by atoms with van der Waals surface area (Å²) in [5, 5.41) is 8.62. The minimum Gasteiger partial charge on any atom is -0.495 e. The van der Waals surface area contributed by atoms with Crippen LogP contribution < -0.4 is 4.74 Å². The Morgan fingerprint density at radius 1 is 1.67 bits per heavy atom. The van der Waals surface area contributed by atoms with Crippen LogP contribution >= 0.6 is 15.9 Å². The van der Waals surface area contributed by atoms with Gasteiger partial charge in [0, 0.05) is 6.07 Å². The van der Waals surface area contributed by atoms with E-state index >= 15 is 0 Å². The molecule has 0 fully saturated rings. The average molecular weight is 282 g/mol. The fourth-order valence-corrected chi connectivity index (χ4v) is 1.47. The first-order valence-corrected chi connectivity index (χ1v) is 4.52. The fourth-order valence-electron chi connectivity index (χ4n) is 0.928. The lowest BCUT2D eigenvalue weighted by molar-refractivity contribution is 0.0688. The second-order valence-corrected chi connectivity index (χ2v) is 3.31. The van der Waals surface area contributed by atoms with E-state index in [2.05, 4.69) is 20.9 Å². The second-order valence-electron chi connectivity index (χ2n) is 2.51. The van der Waals surface area contributed by atoms with Crippen molar-refractivity contribution in [2.75, 3.05) is 7.11 Å². The molecule has 1 N–H and O–H groups in total. The third kappa shape index (κ3) is 2.41. The largest absolute Gasteiger partial charge is 0.495 e. The number of carbonyl (C=O) groups is 1. The smallest absolute Gasteiger partial charge is 0.354 e. The van der Waals surface area contributed by atoms with Crippen molar-refractivity contribution < 1.29 is 23.4 Å². The van der Waals surface area contributed by atoms with Gasteiger partial charge in [-0.05, 0) is 15.9 Å². The molecule has 0 amide bonds. The van der Waals surface area contributed by atoms with Gasteiger partial charge in [-0.15, -0.1) is 0 Å². The van der Waals surface area contributed by atoms with Gasteiger partial charge in [-0.1, -0.05) is 0 Å². The molecular formula is C8H6BrF2NO3. The standard InChI is InChI=1S/C8H6BrF2NO3/c1-15-4-2-3(8(13)14)12-6(5(4)9)7(10)11/h2,7H,1H3,(H,13,14). The molecule has 1 heterocycles. The molecule has 0 unspecified atom stereocenters. The van der Waals surface area contributed by atoms with Gasteiger partial charge in [-0.2, -0.15) is 0 Å². The molecule has 7 heteroatoms. The zero-order valence-electron chi connectivity index (χ0n) is 7.50. The fraction of sp³-hybridized carbons (Fsp3) is 0.250. The highest BCUT2D eigenvalue weighted by Gasteiger charge is 2.21. The van der Waals surface area contributed by atoms with E-state index in [0.717, 1.165) is 6.07 Å². The number of rotatable bonds is 3. The SMILES string of the molecule is COc1cc(C(=O)O)nc(C(F)F)c1Br. The number of hydrogen-bond acceptors (Lipinski definition) is 3. The highest BCUT2D eigenvalue weighted by atomic mass is 79.9. The lowest BCUT2D eigenvalue weighted by Crippen LogP contribution is -2.05. The first-order valence-electron chi connectivity index (χ1n) is 3.73. The van der Waals surface area contributed by atoms with Gasteiger partial charge in [0.1, 0.15) is 11.4 Å². The van der Waals surface area contributed by atoms with Crippen LogP contribution in [0.4, 0.5) is 8.78 Å². The maximum Gasteiger partial charge on any atom is 0.354 e. The van der Waals surface area contributed by atoms with Crippen LogP contribution in [0.3, 0.4) is 0 Å². The number of aromatic carboxylic acids is 1. The Morgan fingerprint density at radius 2 is 2.27 bits per heavy atom. The molecule has 0 bridgehead atoms. The number of carboxylic acids is 1. The molecule has 0 saturated heterocycles. The van der Waals surface area contributed by atoms with E-state index in [9.17, 15) is 13.6 Å². The van der Waals surface area contributed by atoms with E-state index in [1.54, 1.807) is 0 Å². The van der Waals surface area contributed by atoms with Gasteiger partial charge in [-0.3, -0.25) is 0 Å². The number of carboxylic acid groups (broad SMARTS) is 1. The molecule has 0 aliphatic rings.